The Labute approximate surface area is 170 Å². The monoisotopic (exact) mass is 404 g/mol. The standard InChI is InChI=1S/C20H25ClN4O3/c1-4-28-19-16(21)11-14(12-17(19)27-3)20(26)23-15-5-6-18(22-13-15)25-9-7-24(2)8-10-25/h5-6,11-13H,4,7-10H2,1-3H3,(H,23,26). The Morgan fingerprint density at radius 2 is 2.00 bits per heavy atom. The number of hydrogen-bond acceptors (Lipinski definition) is 6. The lowest BCUT2D eigenvalue weighted by Crippen LogP contribution is -2.44. The Kier molecular flexibility index (Phi) is 6.59. The third kappa shape index (κ3) is 4.66. The summed E-state index contributed by atoms with van der Waals surface area (Å²) in [6.07, 6.45) is 1.67. The fourth-order valence-corrected chi connectivity index (χ4v) is 3.29. The molecular formula is C20H25ClN4O3. The molecule has 7 nitrogen and oxygen atoms in total. The molecule has 1 amide bonds. The minimum absolute atomic E-state index is 0.294. The Bertz CT molecular complexity index is 821. The number of rotatable bonds is 6. The lowest BCUT2D eigenvalue weighted by atomic mass is 10.2. The second-order valence-electron chi connectivity index (χ2n) is 6.57. The molecule has 0 unspecified atom stereocenters. The lowest BCUT2D eigenvalue weighted by Gasteiger charge is -2.33. The number of nitrogens with one attached hydrogen (secondary N) is 1. The van der Waals surface area contributed by atoms with E-state index >= 15 is 0 Å². The van der Waals surface area contributed by atoms with Gasteiger partial charge in [0.25, 0.3) is 5.91 Å². The number of nitrogens with zero attached hydrogens (tertiary/aromatic N) is 3. The molecule has 28 heavy (non-hydrogen) atoms. The average molecular weight is 405 g/mol. The van der Waals surface area contributed by atoms with Gasteiger partial charge in [0.2, 0.25) is 0 Å². The molecule has 1 saturated heterocycles. The van der Waals surface area contributed by atoms with Crippen molar-refractivity contribution < 1.29 is 14.3 Å². The summed E-state index contributed by atoms with van der Waals surface area (Å²) >= 11 is 6.25. The van der Waals surface area contributed by atoms with E-state index in [1.54, 1.807) is 18.3 Å². The molecule has 150 valence electrons. The van der Waals surface area contributed by atoms with Gasteiger partial charge in [0.15, 0.2) is 11.5 Å². The predicted octanol–water partition coefficient (Wildman–Crippen LogP) is 3.15. The summed E-state index contributed by atoms with van der Waals surface area (Å²) in [5, 5.41) is 3.17. The van der Waals surface area contributed by atoms with Crippen molar-refractivity contribution in [3.05, 3.63) is 41.0 Å². The molecule has 8 heteroatoms. The number of amides is 1. The molecule has 1 N–H and O–H groups in total. The van der Waals surface area contributed by atoms with Crippen LogP contribution in [0.15, 0.2) is 30.5 Å². The van der Waals surface area contributed by atoms with E-state index in [0.717, 1.165) is 32.0 Å². The number of ether oxygens (including phenoxy) is 2. The zero-order chi connectivity index (χ0) is 20.1. The summed E-state index contributed by atoms with van der Waals surface area (Å²) in [6, 6.07) is 6.95. The van der Waals surface area contributed by atoms with Gasteiger partial charge in [-0.1, -0.05) is 11.6 Å². The first-order valence-electron chi connectivity index (χ1n) is 9.23. The maximum absolute atomic E-state index is 12.6. The highest BCUT2D eigenvalue weighted by atomic mass is 35.5. The highest BCUT2D eigenvalue weighted by Gasteiger charge is 2.17. The Balaban J connectivity index is 1.70. The van der Waals surface area contributed by atoms with E-state index < -0.39 is 0 Å². The number of likely N-dealkylation sites (N-methyl/N-ethyl adjacent to an activating group) is 1. The number of benzene rings is 1. The summed E-state index contributed by atoms with van der Waals surface area (Å²) < 4.78 is 10.8. The molecule has 2 heterocycles. The van der Waals surface area contributed by atoms with E-state index in [1.165, 1.54) is 7.11 Å². The molecule has 0 atom stereocenters. The van der Waals surface area contributed by atoms with E-state index in [-0.39, 0.29) is 5.91 Å². The van der Waals surface area contributed by atoms with Gasteiger partial charge >= 0.3 is 0 Å². The van der Waals surface area contributed by atoms with E-state index in [9.17, 15) is 4.79 Å². The first kappa shape index (κ1) is 20.2. The molecule has 1 aromatic carbocycles. The van der Waals surface area contributed by atoms with Crippen LogP contribution in [0.2, 0.25) is 5.02 Å². The minimum atomic E-state index is -0.294. The van der Waals surface area contributed by atoms with Gasteiger partial charge in [0.05, 0.1) is 30.6 Å². The summed E-state index contributed by atoms with van der Waals surface area (Å²) in [4.78, 5) is 21.6. The molecular weight excluding hydrogens is 380 g/mol. The molecule has 2 aromatic rings. The third-order valence-electron chi connectivity index (χ3n) is 4.61. The summed E-state index contributed by atoms with van der Waals surface area (Å²) in [6.45, 7) is 6.22. The molecule has 0 radical (unpaired) electrons. The number of halogens is 1. The van der Waals surface area contributed by atoms with Crippen LogP contribution in [0.5, 0.6) is 11.5 Å². The van der Waals surface area contributed by atoms with Crippen molar-refractivity contribution in [2.45, 2.75) is 6.92 Å². The van der Waals surface area contributed by atoms with Crippen LogP contribution in [0.4, 0.5) is 11.5 Å². The van der Waals surface area contributed by atoms with Crippen molar-refractivity contribution in [2.75, 3.05) is 57.2 Å². The molecule has 0 aliphatic carbocycles. The third-order valence-corrected chi connectivity index (χ3v) is 4.89. The summed E-state index contributed by atoms with van der Waals surface area (Å²) in [5.41, 5.74) is 1.00. The fourth-order valence-electron chi connectivity index (χ4n) is 3.02. The zero-order valence-corrected chi connectivity index (χ0v) is 17.1. The predicted molar refractivity (Wildman–Crippen MR) is 111 cm³/mol. The summed E-state index contributed by atoms with van der Waals surface area (Å²) in [7, 11) is 3.63. The van der Waals surface area contributed by atoms with E-state index in [2.05, 4.69) is 27.1 Å². The maximum Gasteiger partial charge on any atom is 0.255 e. The number of piperazine rings is 1. The van der Waals surface area contributed by atoms with Gasteiger partial charge in [-0.05, 0) is 38.2 Å². The Morgan fingerprint density at radius 1 is 1.25 bits per heavy atom. The van der Waals surface area contributed by atoms with Gasteiger partial charge in [-0.25, -0.2) is 4.98 Å². The largest absolute Gasteiger partial charge is 0.493 e. The highest BCUT2D eigenvalue weighted by Crippen LogP contribution is 2.36. The highest BCUT2D eigenvalue weighted by molar-refractivity contribution is 6.32. The quantitative estimate of drug-likeness (QED) is 0.797. The number of carbonyl (C=O) groups is 1. The second kappa shape index (κ2) is 9.12. The molecule has 0 bridgehead atoms. The van der Waals surface area contributed by atoms with Gasteiger partial charge in [0.1, 0.15) is 5.82 Å². The maximum atomic E-state index is 12.6. The number of methoxy groups -OCH3 is 1. The Hall–Kier alpha value is -2.51. The van der Waals surface area contributed by atoms with Crippen LogP contribution < -0.4 is 19.7 Å². The molecule has 0 saturated carbocycles. The number of hydrogen-bond donors (Lipinski definition) is 1. The van der Waals surface area contributed by atoms with Crippen molar-refractivity contribution in [1.29, 1.82) is 0 Å². The van der Waals surface area contributed by atoms with Crippen LogP contribution in [0.25, 0.3) is 0 Å². The second-order valence-corrected chi connectivity index (χ2v) is 6.98. The molecule has 1 aliphatic heterocycles. The van der Waals surface area contributed by atoms with Crippen LogP contribution in [-0.4, -0.2) is 62.7 Å². The minimum Gasteiger partial charge on any atom is -0.493 e. The van der Waals surface area contributed by atoms with Crippen molar-refractivity contribution in [3.8, 4) is 11.5 Å². The normalized spacial score (nSPS) is 14.6. The van der Waals surface area contributed by atoms with Crippen molar-refractivity contribution in [3.63, 3.8) is 0 Å². The lowest BCUT2D eigenvalue weighted by molar-refractivity contribution is 0.102. The van der Waals surface area contributed by atoms with Crippen molar-refractivity contribution >= 4 is 29.0 Å². The average Bonchev–Trinajstić information content (AvgIpc) is 2.70. The number of anilines is 2. The van der Waals surface area contributed by atoms with Gasteiger partial charge in [-0.2, -0.15) is 0 Å². The topological polar surface area (TPSA) is 66.9 Å². The number of aromatic nitrogens is 1. The SMILES string of the molecule is CCOc1c(Cl)cc(C(=O)Nc2ccc(N3CCN(C)CC3)nc2)cc1OC. The van der Waals surface area contributed by atoms with Gasteiger partial charge in [-0.3, -0.25) is 4.79 Å². The van der Waals surface area contributed by atoms with Crippen LogP contribution in [0, 0.1) is 0 Å². The first-order chi connectivity index (χ1) is 13.5. The van der Waals surface area contributed by atoms with Gasteiger partial charge in [0, 0.05) is 31.7 Å². The first-order valence-corrected chi connectivity index (χ1v) is 9.60. The van der Waals surface area contributed by atoms with E-state index in [1.807, 2.05) is 19.1 Å². The summed E-state index contributed by atoms with van der Waals surface area (Å²) in [5.74, 6) is 1.47. The fraction of sp³-hybridized carbons (Fsp3) is 0.400. The van der Waals surface area contributed by atoms with Crippen molar-refractivity contribution in [2.24, 2.45) is 0 Å². The zero-order valence-electron chi connectivity index (χ0n) is 16.4. The molecule has 1 fully saturated rings. The van der Waals surface area contributed by atoms with E-state index in [0.29, 0.717) is 34.4 Å². The van der Waals surface area contributed by atoms with Crippen LogP contribution in [0.3, 0.4) is 0 Å². The molecule has 0 spiro atoms. The number of carbonyl (C=O) groups excluding carboxylic acids is 1. The Morgan fingerprint density at radius 3 is 2.61 bits per heavy atom. The van der Waals surface area contributed by atoms with Gasteiger partial charge in [-0.15, -0.1) is 0 Å². The van der Waals surface area contributed by atoms with Crippen LogP contribution >= 0.6 is 11.6 Å². The smallest absolute Gasteiger partial charge is 0.255 e. The molecule has 1 aliphatic rings. The van der Waals surface area contributed by atoms with Crippen LogP contribution in [0.1, 0.15) is 17.3 Å². The van der Waals surface area contributed by atoms with Gasteiger partial charge < -0.3 is 24.6 Å². The number of pyridine rings is 1. The molecule has 1 aromatic heterocycles. The van der Waals surface area contributed by atoms with Crippen LogP contribution in [-0.2, 0) is 0 Å². The van der Waals surface area contributed by atoms with E-state index in [4.69, 9.17) is 21.1 Å². The van der Waals surface area contributed by atoms with Crippen molar-refractivity contribution in [1.82, 2.24) is 9.88 Å². The molecule has 3 rings (SSSR count).